The molecule has 3 aromatic rings. The Hall–Kier alpha value is -3.27. The van der Waals surface area contributed by atoms with E-state index in [9.17, 15) is 4.79 Å². The van der Waals surface area contributed by atoms with Crippen molar-refractivity contribution in [1.82, 2.24) is 5.32 Å². The number of fused-ring (bicyclic) bond motifs is 2. The number of hydrogen-bond acceptors (Lipinski definition) is 3. The van der Waals surface area contributed by atoms with Gasteiger partial charge >= 0.3 is 0 Å². The Morgan fingerprint density at radius 2 is 2.08 bits per heavy atom. The van der Waals surface area contributed by atoms with Gasteiger partial charge < -0.3 is 14.5 Å². The van der Waals surface area contributed by atoms with Crippen molar-refractivity contribution in [3.05, 3.63) is 84.7 Å². The summed E-state index contributed by atoms with van der Waals surface area (Å²) < 4.78 is 10.9. The lowest BCUT2D eigenvalue weighted by molar-refractivity contribution is -0.116. The van der Waals surface area contributed by atoms with E-state index in [1.807, 2.05) is 48.5 Å². The Morgan fingerprint density at radius 3 is 2.96 bits per heavy atom. The third-order valence-electron chi connectivity index (χ3n) is 4.31. The minimum atomic E-state index is -0.289. The van der Waals surface area contributed by atoms with Gasteiger partial charge in [-0.25, -0.2) is 0 Å². The van der Waals surface area contributed by atoms with Crippen LogP contribution in [0.5, 0.6) is 5.75 Å². The zero-order valence-corrected chi connectivity index (χ0v) is 13.6. The molecule has 0 aliphatic carbocycles. The Bertz CT molecular complexity index is 983. The number of ether oxygens (including phenoxy) is 1. The molecule has 1 aromatic heterocycles. The molecule has 1 aliphatic heterocycles. The number of para-hydroxylation sites is 1. The molecule has 124 valence electrons. The summed E-state index contributed by atoms with van der Waals surface area (Å²) >= 11 is 0. The number of rotatable bonds is 4. The van der Waals surface area contributed by atoms with Crippen molar-refractivity contribution < 1.29 is 13.9 Å². The summed E-state index contributed by atoms with van der Waals surface area (Å²) in [5, 5.41) is 4.03. The SMILES string of the molecule is C=CC(NC(=O)C1=CCOc2ccccc21)c1ccc2occc2c1. The second-order valence-corrected chi connectivity index (χ2v) is 5.83. The lowest BCUT2D eigenvalue weighted by atomic mass is 10.00. The molecule has 0 bridgehead atoms. The van der Waals surface area contributed by atoms with Crippen LogP contribution in [0.2, 0.25) is 0 Å². The molecule has 25 heavy (non-hydrogen) atoms. The fourth-order valence-corrected chi connectivity index (χ4v) is 3.03. The first-order valence-electron chi connectivity index (χ1n) is 8.09. The topological polar surface area (TPSA) is 51.5 Å². The number of amides is 1. The number of hydrogen-bond donors (Lipinski definition) is 1. The van der Waals surface area contributed by atoms with Crippen LogP contribution in [0.15, 0.2) is 77.9 Å². The molecule has 0 radical (unpaired) electrons. The van der Waals surface area contributed by atoms with E-state index in [4.69, 9.17) is 9.15 Å². The Balaban J connectivity index is 1.60. The second-order valence-electron chi connectivity index (χ2n) is 5.83. The third kappa shape index (κ3) is 2.83. The minimum Gasteiger partial charge on any atom is -0.489 e. The van der Waals surface area contributed by atoms with Gasteiger partial charge in [0.25, 0.3) is 5.91 Å². The molecule has 2 aromatic carbocycles. The first-order valence-corrected chi connectivity index (χ1v) is 8.09. The molecule has 0 saturated carbocycles. The molecule has 1 amide bonds. The van der Waals surface area contributed by atoms with Gasteiger partial charge in [0.2, 0.25) is 0 Å². The zero-order valence-electron chi connectivity index (χ0n) is 13.6. The fraction of sp³-hybridized carbons (Fsp3) is 0.0952. The van der Waals surface area contributed by atoms with Crippen LogP contribution in [0.3, 0.4) is 0 Å². The van der Waals surface area contributed by atoms with Crippen molar-refractivity contribution in [3.63, 3.8) is 0 Å². The smallest absolute Gasteiger partial charge is 0.252 e. The normalized spacial score (nSPS) is 14.2. The first-order chi connectivity index (χ1) is 12.3. The predicted molar refractivity (Wildman–Crippen MR) is 97.2 cm³/mol. The Labute approximate surface area is 145 Å². The van der Waals surface area contributed by atoms with Crippen molar-refractivity contribution in [2.24, 2.45) is 0 Å². The van der Waals surface area contributed by atoms with E-state index < -0.39 is 0 Å². The maximum Gasteiger partial charge on any atom is 0.252 e. The zero-order chi connectivity index (χ0) is 17.2. The van der Waals surface area contributed by atoms with Gasteiger partial charge in [0, 0.05) is 16.5 Å². The third-order valence-corrected chi connectivity index (χ3v) is 4.31. The first kappa shape index (κ1) is 15.3. The number of carbonyl (C=O) groups excluding carboxylic acids is 1. The molecular weight excluding hydrogens is 314 g/mol. The molecule has 1 N–H and O–H groups in total. The van der Waals surface area contributed by atoms with Crippen molar-refractivity contribution in [1.29, 1.82) is 0 Å². The van der Waals surface area contributed by atoms with Crippen molar-refractivity contribution >= 4 is 22.4 Å². The second kappa shape index (κ2) is 6.32. The monoisotopic (exact) mass is 331 g/mol. The van der Waals surface area contributed by atoms with Gasteiger partial charge in [0.05, 0.1) is 12.3 Å². The van der Waals surface area contributed by atoms with Crippen molar-refractivity contribution in [2.75, 3.05) is 6.61 Å². The molecule has 0 fully saturated rings. The highest BCUT2D eigenvalue weighted by Gasteiger charge is 2.21. The molecule has 1 unspecified atom stereocenters. The highest BCUT2D eigenvalue weighted by Crippen LogP contribution is 2.30. The van der Waals surface area contributed by atoms with E-state index in [-0.39, 0.29) is 11.9 Å². The molecule has 1 atom stereocenters. The van der Waals surface area contributed by atoms with Crippen LogP contribution in [0.25, 0.3) is 16.5 Å². The standard InChI is InChI=1S/C21H17NO3/c1-2-18(14-7-8-19-15(13-14)9-11-24-19)22-21(23)17-10-12-25-20-6-4-3-5-16(17)20/h2-11,13,18H,1,12H2,(H,22,23). The van der Waals surface area contributed by atoms with Gasteiger partial charge in [0.15, 0.2) is 0 Å². The maximum absolute atomic E-state index is 12.8. The Morgan fingerprint density at radius 1 is 1.20 bits per heavy atom. The van der Waals surface area contributed by atoms with Crippen LogP contribution in [-0.4, -0.2) is 12.5 Å². The van der Waals surface area contributed by atoms with Gasteiger partial charge in [0.1, 0.15) is 17.9 Å². The number of carbonyl (C=O) groups is 1. The maximum atomic E-state index is 12.8. The lowest BCUT2D eigenvalue weighted by Crippen LogP contribution is -2.29. The van der Waals surface area contributed by atoms with Crippen LogP contribution < -0.4 is 10.1 Å². The lowest BCUT2D eigenvalue weighted by Gasteiger charge is -2.21. The highest BCUT2D eigenvalue weighted by molar-refractivity contribution is 6.20. The van der Waals surface area contributed by atoms with E-state index in [0.29, 0.717) is 12.2 Å². The molecular formula is C21H17NO3. The summed E-state index contributed by atoms with van der Waals surface area (Å²) in [6, 6.07) is 15.0. The van der Waals surface area contributed by atoms with E-state index in [1.165, 1.54) is 0 Å². The average molecular weight is 331 g/mol. The summed E-state index contributed by atoms with van der Waals surface area (Å²) in [5.41, 5.74) is 3.20. The van der Waals surface area contributed by atoms with Gasteiger partial charge in [-0.2, -0.15) is 0 Å². The molecule has 1 aliphatic rings. The fourth-order valence-electron chi connectivity index (χ4n) is 3.03. The van der Waals surface area contributed by atoms with Gasteiger partial charge in [-0.3, -0.25) is 4.79 Å². The predicted octanol–water partition coefficient (Wildman–Crippen LogP) is 4.25. The van der Waals surface area contributed by atoms with Crippen molar-refractivity contribution in [3.8, 4) is 5.75 Å². The molecule has 0 saturated heterocycles. The summed E-state index contributed by atoms with van der Waals surface area (Å²) in [6.07, 6.45) is 5.18. The summed E-state index contributed by atoms with van der Waals surface area (Å²) in [4.78, 5) is 12.8. The van der Waals surface area contributed by atoms with Crippen LogP contribution in [0.1, 0.15) is 17.2 Å². The van der Waals surface area contributed by atoms with Gasteiger partial charge in [-0.05, 0) is 35.9 Å². The van der Waals surface area contributed by atoms with E-state index >= 15 is 0 Å². The summed E-state index contributed by atoms with van der Waals surface area (Å²) in [5.74, 6) is 0.582. The van der Waals surface area contributed by atoms with Crippen LogP contribution in [-0.2, 0) is 4.79 Å². The average Bonchev–Trinajstić information content (AvgIpc) is 3.13. The Kier molecular flexibility index (Phi) is 3.86. The van der Waals surface area contributed by atoms with E-state index in [2.05, 4.69) is 11.9 Å². The number of nitrogens with one attached hydrogen (secondary N) is 1. The number of benzene rings is 2. The van der Waals surface area contributed by atoms with Crippen LogP contribution >= 0.6 is 0 Å². The van der Waals surface area contributed by atoms with Crippen LogP contribution in [0, 0.1) is 0 Å². The highest BCUT2D eigenvalue weighted by atomic mass is 16.5. The molecule has 2 heterocycles. The summed E-state index contributed by atoms with van der Waals surface area (Å²) in [7, 11) is 0. The molecule has 4 nitrogen and oxygen atoms in total. The van der Waals surface area contributed by atoms with Crippen LogP contribution in [0.4, 0.5) is 0 Å². The van der Waals surface area contributed by atoms with Crippen molar-refractivity contribution in [2.45, 2.75) is 6.04 Å². The molecule has 0 spiro atoms. The quantitative estimate of drug-likeness (QED) is 0.727. The van der Waals surface area contributed by atoms with Gasteiger partial charge in [-0.15, -0.1) is 6.58 Å². The largest absolute Gasteiger partial charge is 0.489 e. The summed E-state index contributed by atoms with van der Waals surface area (Å²) in [6.45, 7) is 4.25. The molecule has 4 rings (SSSR count). The number of furan rings is 1. The van der Waals surface area contributed by atoms with E-state index in [0.717, 1.165) is 27.8 Å². The molecule has 4 heteroatoms. The minimum absolute atomic E-state index is 0.145. The van der Waals surface area contributed by atoms with E-state index in [1.54, 1.807) is 18.4 Å². The van der Waals surface area contributed by atoms with Gasteiger partial charge in [-0.1, -0.05) is 30.3 Å².